The van der Waals surface area contributed by atoms with Crippen LogP contribution in [0.2, 0.25) is 0 Å². The summed E-state index contributed by atoms with van der Waals surface area (Å²) in [5.74, 6) is -1.24. The van der Waals surface area contributed by atoms with Gasteiger partial charge in [-0.05, 0) is 31.9 Å². The van der Waals surface area contributed by atoms with Crippen molar-refractivity contribution >= 4 is 39.5 Å². The summed E-state index contributed by atoms with van der Waals surface area (Å²) < 4.78 is 39.4. The molecule has 1 aliphatic rings. The normalized spacial score (nSPS) is 18.1. The number of hydrogen-bond acceptors (Lipinski definition) is 8. The van der Waals surface area contributed by atoms with Gasteiger partial charge in [0.1, 0.15) is 6.54 Å². The minimum Gasteiger partial charge on any atom is -0.748 e. The number of aliphatic carboxylic acids is 1. The summed E-state index contributed by atoms with van der Waals surface area (Å²) in [4.78, 5) is 11.4. The van der Waals surface area contributed by atoms with E-state index in [1.165, 1.54) is 0 Å². The number of hydrogen-bond donors (Lipinski definition) is 1. The zero-order chi connectivity index (χ0) is 22.4. The molecule has 1 aromatic carbocycles. The van der Waals surface area contributed by atoms with Gasteiger partial charge >= 0.3 is 35.5 Å². The van der Waals surface area contributed by atoms with E-state index in [0.29, 0.717) is 17.9 Å². The van der Waals surface area contributed by atoms with Crippen LogP contribution in [0.15, 0.2) is 23.1 Å². The number of unbranched alkanes of at least 4 members (excludes halogenated alkanes) is 2. The Hall–Kier alpha value is -0.500. The maximum atomic E-state index is 11.0. The van der Waals surface area contributed by atoms with Crippen LogP contribution in [0.3, 0.4) is 0 Å². The molecular formula is C19H26NNaO8S2. The van der Waals surface area contributed by atoms with Gasteiger partial charge < -0.3 is 14.9 Å². The first kappa shape index (κ1) is 28.5. The second-order valence-corrected chi connectivity index (χ2v) is 9.84. The van der Waals surface area contributed by atoms with Crippen molar-refractivity contribution in [2.75, 3.05) is 12.3 Å². The minimum absolute atomic E-state index is 0. The Balaban J connectivity index is 0.00000480. The number of carbonyl (C=O) groups is 1. The molecule has 1 atom stereocenters. The fourth-order valence-corrected chi connectivity index (χ4v) is 4.78. The average molecular weight is 484 g/mol. The molecule has 0 aliphatic carbocycles. The van der Waals surface area contributed by atoms with Crippen molar-refractivity contribution in [2.24, 2.45) is 0 Å². The quantitative estimate of drug-likeness (QED) is 0.0731. The summed E-state index contributed by atoms with van der Waals surface area (Å²) in [7, 11) is -4.28. The van der Waals surface area contributed by atoms with Crippen LogP contribution < -0.4 is 34.8 Å². The molecule has 0 saturated heterocycles. The van der Waals surface area contributed by atoms with E-state index < -0.39 is 21.8 Å². The zero-order valence-electron chi connectivity index (χ0n) is 18.0. The molecule has 0 radical (unpaired) electrons. The largest absolute Gasteiger partial charge is 1.00 e. The Bertz CT molecular complexity index is 906. The molecule has 168 valence electrons. The SMILES string of the molecule is CC1=[N+](CCCS(=O)(=O)[O-])c2ccc(SOO[O-])cc2C1(C)CCCCCC(=O)O.[Na+]. The number of carboxylic acid groups (broad SMARTS) is 1. The molecule has 0 saturated carbocycles. The summed E-state index contributed by atoms with van der Waals surface area (Å²) in [5.41, 5.74) is 2.59. The second-order valence-electron chi connectivity index (χ2n) is 7.54. The summed E-state index contributed by atoms with van der Waals surface area (Å²) in [6, 6.07) is 5.55. The summed E-state index contributed by atoms with van der Waals surface area (Å²) in [6.45, 7) is 4.46. The van der Waals surface area contributed by atoms with Gasteiger partial charge in [0, 0.05) is 42.0 Å². The molecule has 12 heteroatoms. The molecule has 1 aliphatic heterocycles. The van der Waals surface area contributed by atoms with Crippen LogP contribution in [0.25, 0.3) is 0 Å². The molecule has 0 bridgehead atoms. The average Bonchev–Trinajstić information content (AvgIpc) is 2.87. The van der Waals surface area contributed by atoms with E-state index in [9.17, 15) is 23.0 Å². The Morgan fingerprint density at radius 3 is 2.58 bits per heavy atom. The van der Waals surface area contributed by atoms with E-state index in [1.807, 2.05) is 23.6 Å². The first-order valence-corrected chi connectivity index (χ1v) is 11.9. The van der Waals surface area contributed by atoms with Crippen LogP contribution in [-0.4, -0.2) is 46.6 Å². The van der Waals surface area contributed by atoms with Gasteiger partial charge in [-0.15, -0.1) is 0 Å². The smallest absolute Gasteiger partial charge is 0.748 e. The second kappa shape index (κ2) is 12.7. The molecule has 0 spiro atoms. The fourth-order valence-electron chi connectivity index (χ4n) is 3.91. The number of fused-ring (bicyclic) bond motifs is 1. The van der Waals surface area contributed by atoms with Gasteiger partial charge in [-0.2, -0.15) is 8.91 Å². The van der Waals surface area contributed by atoms with Crippen molar-refractivity contribution in [3.8, 4) is 0 Å². The standard InChI is InChI=1S/C19H27NO8S2.Na/c1-14-19(2,10-5-3-4-7-18(21)22)16-13-15(29-28-27-23)8-9-17(16)20(14)11-6-12-30(24,25)26;/h8-9,13H,3-7,10-12H2,1-2H3,(H2-,21,22,23,24,25,26);/q;+1/p-1. The molecule has 31 heavy (non-hydrogen) atoms. The van der Waals surface area contributed by atoms with Crippen molar-refractivity contribution in [3.63, 3.8) is 0 Å². The number of rotatable bonds is 13. The summed E-state index contributed by atoms with van der Waals surface area (Å²) >= 11 is 0.798. The van der Waals surface area contributed by atoms with Crippen LogP contribution in [0, 0.1) is 0 Å². The van der Waals surface area contributed by atoms with E-state index in [1.54, 1.807) is 6.07 Å². The minimum atomic E-state index is -4.28. The van der Waals surface area contributed by atoms with Crippen molar-refractivity contribution in [2.45, 2.75) is 62.7 Å². The Morgan fingerprint density at radius 2 is 1.97 bits per heavy atom. The summed E-state index contributed by atoms with van der Waals surface area (Å²) in [5, 5.41) is 22.4. The Kier molecular flexibility index (Phi) is 11.7. The Morgan fingerprint density at radius 1 is 1.26 bits per heavy atom. The zero-order valence-corrected chi connectivity index (χ0v) is 21.6. The predicted molar refractivity (Wildman–Crippen MR) is 107 cm³/mol. The summed E-state index contributed by atoms with van der Waals surface area (Å²) in [6.07, 6.45) is 3.32. The Labute approximate surface area is 208 Å². The fraction of sp³-hybridized carbons (Fsp3) is 0.579. The van der Waals surface area contributed by atoms with Crippen molar-refractivity contribution in [1.29, 1.82) is 0 Å². The van der Waals surface area contributed by atoms with Gasteiger partial charge in [0.2, 0.25) is 5.69 Å². The molecule has 0 amide bonds. The van der Waals surface area contributed by atoms with Crippen LogP contribution in [0.1, 0.15) is 57.9 Å². The number of benzene rings is 1. The molecule has 1 aromatic rings. The topological polar surface area (TPSA) is 139 Å². The van der Waals surface area contributed by atoms with Crippen LogP contribution in [0.4, 0.5) is 5.69 Å². The predicted octanol–water partition coefficient (Wildman–Crippen LogP) is -0.732. The maximum Gasteiger partial charge on any atom is 1.00 e. The van der Waals surface area contributed by atoms with Crippen LogP contribution in [0.5, 0.6) is 0 Å². The third kappa shape index (κ3) is 8.09. The van der Waals surface area contributed by atoms with E-state index in [4.69, 9.17) is 5.11 Å². The van der Waals surface area contributed by atoms with Gasteiger partial charge in [0.15, 0.2) is 5.71 Å². The van der Waals surface area contributed by atoms with E-state index >= 15 is 0 Å². The van der Waals surface area contributed by atoms with Crippen molar-refractivity contribution < 1.29 is 71.6 Å². The van der Waals surface area contributed by atoms with Crippen LogP contribution in [-0.2, 0) is 29.7 Å². The van der Waals surface area contributed by atoms with Gasteiger partial charge in [-0.3, -0.25) is 9.83 Å². The molecule has 1 unspecified atom stereocenters. The van der Waals surface area contributed by atoms with Crippen molar-refractivity contribution in [1.82, 2.24) is 0 Å². The van der Waals surface area contributed by atoms with Crippen molar-refractivity contribution in [3.05, 3.63) is 23.8 Å². The van der Waals surface area contributed by atoms with Gasteiger partial charge in [0.05, 0.1) is 27.6 Å². The molecule has 1 N–H and O–H groups in total. The van der Waals surface area contributed by atoms with Crippen LogP contribution >= 0.6 is 12.0 Å². The molecular weight excluding hydrogens is 457 g/mol. The van der Waals surface area contributed by atoms with E-state index in [2.05, 4.69) is 16.3 Å². The monoisotopic (exact) mass is 483 g/mol. The van der Waals surface area contributed by atoms with Gasteiger partial charge in [-0.1, -0.05) is 12.8 Å². The molecule has 2 rings (SSSR count). The number of nitrogens with zero attached hydrogens (tertiary/aromatic N) is 1. The van der Waals surface area contributed by atoms with Gasteiger partial charge in [0.25, 0.3) is 0 Å². The molecule has 9 nitrogen and oxygen atoms in total. The molecule has 0 fully saturated rings. The molecule has 0 aromatic heterocycles. The van der Waals surface area contributed by atoms with Gasteiger partial charge in [-0.25, -0.2) is 8.42 Å². The van der Waals surface area contributed by atoms with E-state index in [-0.39, 0.29) is 47.8 Å². The first-order valence-electron chi connectivity index (χ1n) is 9.63. The molecule has 1 heterocycles. The third-order valence-corrected chi connectivity index (χ3v) is 6.92. The first-order chi connectivity index (χ1) is 14.1. The maximum absolute atomic E-state index is 11.0. The van der Waals surface area contributed by atoms with E-state index in [0.717, 1.165) is 48.3 Å². The number of carboxylic acids is 1. The third-order valence-electron chi connectivity index (χ3n) is 5.56.